The summed E-state index contributed by atoms with van der Waals surface area (Å²) in [7, 11) is -1.10. The minimum atomic E-state index is -1.10. The van der Waals surface area contributed by atoms with Gasteiger partial charge in [-0.3, -0.25) is 9.53 Å². The number of benzene rings is 2. The van der Waals surface area contributed by atoms with Crippen LogP contribution in [0, 0.1) is 0 Å². The third-order valence-electron chi connectivity index (χ3n) is 2.66. The Morgan fingerprint density at radius 1 is 1.10 bits per heavy atom. The van der Waals surface area contributed by atoms with Crippen molar-refractivity contribution in [2.24, 2.45) is 0 Å². The van der Waals surface area contributed by atoms with Gasteiger partial charge in [-0.2, -0.15) is 0 Å². The largest absolute Gasteiger partial charge is 0.444 e. The Kier molecular flexibility index (Phi) is 4.90. The molecule has 2 rings (SSSR count). The Balaban J connectivity index is 1.96. The van der Waals surface area contributed by atoms with E-state index in [9.17, 15) is 9.00 Å². The summed E-state index contributed by atoms with van der Waals surface area (Å²) >= 11 is 0. The van der Waals surface area contributed by atoms with Crippen molar-refractivity contribution in [1.82, 2.24) is 0 Å². The van der Waals surface area contributed by atoms with Crippen molar-refractivity contribution < 1.29 is 13.7 Å². The minimum Gasteiger partial charge on any atom is -0.444 e. The molecule has 1 N–H and O–H groups in total. The van der Waals surface area contributed by atoms with Crippen molar-refractivity contribution in [1.29, 1.82) is 0 Å². The molecule has 20 heavy (non-hydrogen) atoms. The van der Waals surface area contributed by atoms with Gasteiger partial charge >= 0.3 is 6.09 Å². The van der Waals surface area contributed by atoms with Gasteiger partial charge in [-0.15, -0.1) is 0 Å². The van der Waals surface area contributed by atoms with Gasteiger partial charge in [0.15, 0.2) is 0 Å². The summed E-state index contributed by atoms with van der Waals surface area (Å²) in [5.74, 6) is 0. The first-order valence-corrected chi connectivity index (χ1v) is 7.63. The van der Waals surface area contributed by atoms with Crippen LogP contribution in [0.3, 0.4) is 0 Å². The highest BCUT2D eigenvalue weighted by molar-refractivity contribution is 7.84. The van der Waals surface area contributed by atoms with Crippen molar-refractivity contribution in [2.45, 2.75) is 11.5 Å². The number of carbonyl (C=O) groups is 1. The number of carbonyl (C=O) groups excluding carboxylic acids is 1. The lowest BCUT2D eigenvalue weighted by molar-refractivity contribution is 0.154. The Morgan fingerprint density at radius 3 is 2.45 bits per heavy atom. The van der Waals surface area contributed by atoms with Gasteiger partial charge in [-0.1, -0.05) is 36.4 Å². The zero-order chi connectivity index (χ0) is 14.4. The normalized spacial score (nSPS) is 11.7. The average molecular weight is 289 g/mol. The van der Waals surface area contributed by atoms with E-state index in [4.69, 9.17) is 4.74 Å². The molecule has 2 aromatic rings. The van der Waals surface area contributed by atoms with Crippen LogP contribution in [0.1, 0.15) is 5.56 Å². The van der Waals surface area contributed by atoms with Crippen LogP contribution < -0.4 is 5.32 Å². The Labute approximate surface area is 120 Å². The molecule has 0 saturated carbocycles. The lowest BCUT2D eigenvalue weighted by Gasteiger charge is -2.09. The summed E-state index contributed by atoms with van der Waals surface area (Å²) in [5, 5.41) is 2.62. The first kappa shape index (κ1) is 14.3. The molecule has 0 radical (unpaired) electrons. The number of para-hydroxylation sites is 1. The van der Waals surface area contributed by atoms with Gasteiger partial charge in [0.2, 0.25) is 0 Å². The SMILES string of the molecule is C[S@](=O)c1ccccc1COC(=O)Nc1ccccc1. The molecule has 5 heteroatoms. The summed E-state index contributed by atoms with van der Waals surface area (Å²) in [4.78, 5) is 12.3. The molecular weight excluding hydrogens is 274 g/mol. The zero-order valence-electron chi connectivity index (χ0n) is 11.0. The van der Waals surface area contributed by atoms with E-state index in [1.54, 1.807) is 30.5 Å². The maximum Gasteiger partial charge on any atom is 0.411 e. The molecule has 0 unspecified atom stereocenters. The molecule has 0 saturated heterocycles. The van der Waals surface area contributed by atoms with E-state index >= 15 is 0 Å². The highest BCUT2D eigenvalue weighted by Gasteiger charge is 2.08. The number of amides is 1. The van der Waals surface area contributed by atoms with Gasteiger partial charge < -0.3 is 4.74 Å². The monoisotopic (exact) mass is 289 g/mol. The number of anilines is 1. The van der Waals surface area contributed by atoms with E-state index in [-0.39, 0.29) is 6.61 Å². The topological polar surface area (TPSA) is 55.4 Å². The van der Waals surface area contributed by atoms with Crippen LogP contribution in [-0.2, 0) is 22.1 Å². The molecule has 0 aliphatic rings. The number of nitrogens with one attached hydrogen (secondary N) is 1. The summed E-state index contributed by atoms with van der Waals surface area (Å²) in [6, 6.07) is 16.3. The molecule has 0 bridgehead atoms. The van der Waals surface area contributed by atoms with Crippen molar-refractivity contribution >= 4 is 22.6 Å². The predicted molar refractivity (Wildman–Crippen MR) is 79.0 cm³/mol. The third kappa shape index (κ3) is 3.93. The fraction of sp³-hybridized carbons (Fsp3) is 0.133. The molecule has 0 fully saturated rings. The van der Waals surface area contributed by atoms with Crippen molar-refractivity contribution in [3.05, 3.63) is 60.2 Å². The quantitative estimate of drug-likeness (QED) is 0.940. The van der Waals surface area contributed by atoms with E-state index in [1.165, 1.54) is 0 Å². The summed E-state index contributed by atoms with van der Waals surface area (Å²) in [6.45, 7) is 0.0917. The molecule has 4 nitrogen and oxygen atoms in total. The van der Waals surface area contributed by atoms with Gasteiger partial charge in [0.05, 0.1) is 10.8 Å². The van der Waals surface area contributed by atoms with Gasteiger partial charge in [0, 0.05) is 22.4 Å². The molecule has 0 aromatic heterocycles. The van der Waals surface area contributed by atoms with Crippen LogP contribution >= 0.6 is 0 Å². The molecule has 1 atom stereocenters. The number of ether oxygens (including phenoxy) is 1. The Bertz CT molecular complexity index is 614. The maximum absolute atomic E-state index is 11.7. The molecule has 0 aliphatic heterocycles. The molecule has 0 heterocycles. The van der Waals surface area contributed by atoms with Crippen LogP contribution in [-0.4, -0.2) is 16.6 Å². The number of hydrogen-bond donors (Lipinski definition) is 1. The van der Waals surface area contributed by atoms with Crippen molar-refractivity contribution in [2.75, 3.05) is 11.6 Å². The summed E-state index contributed by atoms with van der Waals surface area (Å²) < 4.78 is 16.7. The lowest BCUT2D eigenvalue weighted by Crippen LogP contribution is -2.14. The summed E-state index contributed by atoms with van der Waals surface area (Å²) in [5.41, 5.74) is 1.42. The van der Waals surface area contributed by atoms with E-state index < -0.39 is 16.9 Å². The van der Waals surface area contributed by atoms with Crippen LogP contribution in [0.5, 0.6) is 0 Å². The second-order valence-electron chi connectivity index (χ2n) is 4.13. The Hall–Kier alpha value is -2.14. The second kappa shape index (κ2) is 6.86. The molecule has 1 amide bonds. The van der Waals surface area contributed by atoms with Gasteiger partial charge in [0.25, 0.3) is 0 Å². The first-order valence-electron chi connectivity index (χ1n) is 6.07. The minimum absolute atomic E-state index is 0.0917. The second-order valence-corrected chi connectivity index (χ2v) is 5.48. The van der Waals surface area contributed by atoms with Crippen LogP contribution in [0.4, 0.5) is 10.5 Å². The van der Waals surface area contributed by atoms with Gasteiger partial charge in [-0.25, -0.2) is 4.79 Å². The fourth-order valence-corrected chi connectivity index (χ4v) is 2.49. The smallest absolute Gasteiger partial charge is 0.411 e. The van der Waals surface area contributed by atoms with Crippen LogP contribution in [0.25, 0.3) is 0 Å². The molecule has 0 spiro atoms. The lowest BCUT2D eigenvalue weighted by atomic mass is 10.2. The van der Waals surface area contributed by atoms with E-state index in [2.05, 4.69) is 5.32 Å². The maximum atomic E-state index is 11.7. The van der Waals surface area contributed by atoms with E-state index in [0.29, 0.717) is 10.6 Å². The molecule has 2 aromatic carbocycles. The molecule has 104 valence electrons. The van der Waals surface area contributed by atoms with E-state index in [1.807, 2.05) is 30.3 Å². The molecular formula is C15H15NO3S. The average Bonchev–Trinajstić information content (AvgIpc) is 2.46. The van der Waals surface area contributed by atoms with E-state index in [0.717, 1.165) is 5.56 Å². The highest BCUT2D eigenvalue weighted by Crippen LogP contribution is 2.14. The standard InChI is InChI=1S/C15H15NO3S/c1-20(18)14-10-6-5-7-12(14)11-19-15(17)16-13-8-3-2-4-9-13/h2-10H,11H2,1H3,(H,16,17)/t20-/m0/s1. The molecule has 0 aliphatic carbocycles. The van der Waals surface area contributed by atoms with Crippen molar-refractivity contribution in [3.63, 3.8) is 0 Å². The van der Waals surface area contributed by atoms with Crippen LogP contribution in [0.15, 0.2) is 59.5 Å². The zero-order valence-corrected chi connectivity index (χ0v) is 11.9. The predicted octanol–water partition coefficient (Wildman–Crippen LogP) is 3.17. The van der Waals surface area contributed by atoms with Gasteiger partial charge in [0.1, 0.15) is 6.61 Å². The van der Waals surface area contributed by atoms with Crippen LogP contribution in [0.2, 0.25) is 0 Å². The summed E-state index contributed by atoms with van der Waals surface area (Å²) in [6.07, 6.45) is 1.07. The fourth-order valence-electron chi connectivity index (χ4n) is 1.72. The number of hydrogen-bond acceptors (Lipinski definition) is 3. The number of rotatable bonds is 4. The highest BCUT2D eigenvalue weighted by atomic mass is 32.2. The first-order chi connectivity index (χ1) is 9.66. The van der Waals surface area contributed by atoms with Gasteiger partial charge in [-0.05, 0) is 18.2 Å². The Morgan fingerprint density at radius 2 is 1.75 bits per heavy atom. The third-order valence-corrected chi connectivity index (χ3v) is 3.68. The van der Waals surface area contributed by atoms with Crippen molar-refractivity contribution in [3.8, 4) is 0 Å².